The molecule has 0 fully saturated rings. The smallest absolute Gasteiger partial charge is 0.129 e. The van der Waals surface area contributed by atoms with E-state index in [2.05, 4.69) is 58.4 Å². The second-order valence-corrected chi connectivity index (χ2v) is 6.03. The predicted octanol–water partition coefficient (Wildman–Crippen LogP) is 3.92. The standard InChI is InChI=1S/C20H19N3S/c21-20(24)18-11-12-22-19(13-18)23(14-16-7-3-1-4-8-16)15-17-9-5-2-6-10-17/h1-13H,14-15H2,(H2,21,24). The molecule has 4 heteroatoms. The molecular weight excluding hydrogens is 314 g/mol. The molecule has 0 unspecified atom stereocenters. The third-order valence-electron chi connectivity index (χ3n) is 3.79. The summed E-state index contributed by atoms with van der Waals surface area (Å²) < 4.78 is 0. The van der Waals surface area contributed by atoms with Gasteiger partial charge in [0.25, 0.3) is 0 Å². The molecule has 0 saturated heterocycles. The molecule has 0 radical (unpaired) electrons. The van der Waals surface area contributed by atoms with Gasteiger partial charge >= 0.3 is 0 Å². The first-order valence-electron chi connectivity index (χ1n) is 7.81. The molecule has 0 aliphatic carbocycles. The average molecular weight is 333 g/mol. The van der Waals surface area contributed by atoms with E-state index in [4.69, 9.17) is 18.0 Å². The van der Waals surface area contributed by atoms with Crippen LogP contribution in [0.3, 0.4) is 0 Å². The quantitative estimate of drug-likeness (QED) is 0.694. The Kier molecular flexibility index (Phi) is 5.18. The summed E-state index contributed by atoms with van der Waals surface area (Å²) in [7, 11) is 0. The maximum Gasteiger partial charge on any atom is 0.129 e. The van der Waals surface area contributed by atoms with Crippen LogP contribution in [0.4, 0.5) is 5.82 Å². The number of thiocarbonyl (C=S) groups is 1. The van der Waals surface area contributed by atoms with Crippen molar-refractivity contribution in [3.05, 3.63) is 95.7 Å². The monoisotopic (exact) mass is 333 g/mol. The number of pyridine rings is 1. The molecule has 0 spiro atoms. The summed E-state index contributed by atoms with van der Waals surface area (Å²) in [6.45, 7) is 1.53. The molecule has 1 aromatic heterocycles. The minimum absolute atomic E-state index is 0.387. The topological polar surface area (TPSA) is 42.1 Å². The van der Waals surface area contributed by atoms with Gasteiger partial charge in [0.05, 0.1) is 0 Å². The number of nitrogens with zero attached hydrogens (tertiary/aromatic N) is 2. The lowest BCUT2D eigenvalue weighted by atomic mass is 10.1. The van der Waals surface area contributed by atoms with E-state index in [-0.39, 0.29) is 0 Å². The van der Waals surface area contributed by atoms with Crippen LogP contribution < -0.4 is 10.6 Å². The van der Waals surface area contributed by atoms with Crippen LogP contribution in [0, 0.1) is 0 Å². The molecular formula is C20H19N3S. The van der Waals surface area contributed by atoms with E-state index in [0.717, 1.165) is 24.5 Å². The van der Waals surface area contributed by atoms with Crippen LogP contribution in [0.5, 0.6) is 0 Å². The highest BCUT2D eigenvalue weighted by Gasteiger charge is 2.11. The average Bonchev–Trinajstić information content (AvgIpc) is 2.63. The Morgan fingerprint density at radius 2 is 1.42 bits per heavy atom. The summed E-state index contributed by atoms with van der Waals surface area (Å²) in [6, 6.07) is 24.5. The van der Waals surface area contributed by atoms with Crippen molar-refractivity contribution >= 4 is 23.0 Å². The Labute approximate surface area is 147 Å². The fourth-order valence-electron chi connectivity index (χ4n) is 2.57. The predicted molar refractivity (Wildman–Crippen MR) is 103 cm³/mol. The first-order chi connectivity index (χ1) is 11.7. The first-order valence-corrected chi connectivity index (χ1v) is 8.22. The van der Waals surface area contributed by atoms with E-state index in [1.54, 1.807) is 6.20 Å². The third kappa shape index (κ3) is 4.18. The van der Waals surface area contributed by atoms with Gasteiger partial charge in [-0.3, -0.25) is 0 Å². The second-order valence-electron chi connectivity index (χ2n) is 5.59. The lowest BCUT2D eigenvalue weighted by Crippen LogP contribution is -2.23. The summed E-state index contributed by atoms with van der Waals surface area (Å²) in [5, 5.41) is 0. The van der Waals surface area contributed by atoms with Crippen LogP contribution in [0.25, 0.3) is 0 Å². The summed E-state index contributed by atoms with van der Waals surface area (Å²) in [4.78, 5) is 7.14. The van der Waals surface area contributed by atoms with Gasteiger partial charge in [-0.05, 0) is 23.3 Å². The molecule has 0 aliphatic rings. The second kappa shape index (κ2) is 7.70. The number of rotatable bonds is 6. The fraction of sp³-hybridized carbons (Fsp3) is 0.100. The molecule has 3 aromatic rings. The Bertz CT molecular complexity index is 762. The van der Waals surface area contributed by atoms with Crippen LogP contribution in [-0.2, 0) is 13.1 Å². The van der Waals surface area contributed by atoms with Crippen molar-refractivity contribution in [2.75, 3.05) is 4.90 Å². The highest BCUT2D eigenvalue weighted by molar-refractivity contribution is 7.80. The van der Waals surface area contributed by atoms with Crippen LogP contribution in [0.1, 0.15) is 16.7 Å². The lowest BCUT2D eigenvalue weighted by Gasteiger charge is -2.24. The van der Waals surface area contributed by atoms with E-state index in [1.807, 2.05) is 24.3 Å². The number of hydrogen-bond donors (Lipinski definition) is 1. The SMILES string of the molecule is NC(=S)c1ccnc(N(Cc2ccccc2)Cc2ccccc2)c1. The zero-order valence-electron chi connectivity index (χ0n) is 13.3. The number of hydrogen-bond acceptors (Lipinski definition) is 3. The molecule has 2 aromatic carbocycles. The molecule has 1 heterocycles. The van der Waals surface area contributed by atoms with Gasteiger partial charge in [0.2, 0.25) is 0 Å². The molecule has 0 aliphatic heterocycles. The Hall–Kier alpha value is -2.72. The maximum absolute atomic E-state index is 5.77. The van der Waals surface area contributed by atoms with Crippen molar-refractivity contribution in [2.45, 2.75) is 13.1 Å². The third-order valence-corrected chi connectivity index (χ3v) is 4.02. The zero-order valence-corrected chi connectivity index (χ0v) is 14.1. The molecule has 0 amide bonds. The molecule has 120 valence electrons. The van der Waals surface area contributed by atoms with E-state index in [9.17, 15) is 0 Å². The van der Waals surface area contributed by atoms with Crippen molar-refractivity contribution in [2.24, 2.45) is 5.73 Å². The highest BCUT2D eigenvalue weighted by Crippen LogP contribution is 2.19. The first kappa shape index (κ1) is 16.1. The van der Waals surface area contributed by atoms with Crippen LogP contribution in [0.2, 0.25) is 0 Å². The Morgan fingerprint density at radius 1 is 0.875 bits per heavy atom. The van der Waals surface area contributed by atoms with E-state index >= 15 is 0 Å². The van der Waals surface area contributed by atoms with Crippen molar-refractivity contribution in [3.8, 4) is 0 Å². The number of aromatic nitrogens is 1. The van der Waals surface area contributed by atoms with E-state index < -0.39 is 0 Å². The highest BCUT2D eigenvalue weighted by atomic mass is 32.1. The minimum atomic E-state index is 0.387. The lowest BCUT2D eigenvalue weighted by molar-refractivity contribution is 0.783. The van der Waals surface area contributed by atoms with Gasteiger partial charge in [-0.2, -0.15) is 0 Å². The summed E-state index contributed by atoms with van der Waals surface area (Å²) >= 11 is 5.10. The van der Waals surface area contributed by atoms with Gasteiger partial charge in [-0.1, -0.05) is 72.9 Å². The minimum Gasteiger partial charge on any atom is -0.389 e. The number of anilines is 1. The van der Waals surface area contributed by atoms with Crippen LogP contribution in [0.15, 0.2) is 79.0 Å². The summed E-state index contributed by atoms with van der Waals surface area (Å²) in [5.74, 6) is 0.869. The molecule has 0 saturated carbocycles. The molecule has 0 bridgehead atoms. The van der Waals surface area contributed by atoms with Crippen molar-refractivity contribution in [1.29, 1.82) is 0 Å². The molecule has 2 N–H and O–H groups in total. The van der Waals surface area contributed by atoms with Crippen LogP contribution in [-0.4, -0.2) is 9.97 Å². The van der Waals surface area contributed by atoms with Gasteiger partial charge in [-0.15, -0.1) is 0 Å². The normalized spacial score (nSPS) is 10.3. The summed E-state index contributed by atoms with van der Waals surface area (Å²) in [5.41, 5.74) is 9.07. The molecule has 3 nitrogen and oxygen atoms in total. The number of nitrogens with two attached hydrogens (primary N) is 1. The summed E-state index contributed by atoms with van der Waals surface area (Å²) in [6.07, 6.45) is 1.76. The van der Waals surface area contributed by atoms with Crippen LogP contribution >= 0.6 is 12.2 Å². The zero-order chi connectivity index (χ0) is 16.8. The molecule has 24 heavy (non-hydrogen) atoms. The number of benzene rings is 2. The van der Waals surface area contributed by atoms with Crippen molar-refractivity contribution in [3.63, 3.8) is 0 Å². The largest absolute Gasteiger partial charge is 0.389 e. The van der Waals surface area contributed by atoms with Gasteiger partial charge in [0.1, 0.15) is 10.8 Å². The van der Waals surface area contributed by atoms with E-state index in [1.165, 1.54) is 11.1 Å². The Morgan fingerprint density at radius 3 is 1.92 bits per heavy atom. The molecule has 0 atom stereocenters. The van der Waals surface area contributed by atoms with E-state index in [0.29, 0.717) is 4.99 Å². The van der Waals surface area contributed by atoms with Crippen molar-refractivity contribution in [1.82, 2.24) is 4.98 Å². The van der Waals surface area contributed by atoms with Gasteiger partial charge in [-0.25, -0.2) is 4.98 Å². The van der Waals surface area contributed by atoms with Crippen molar-refractivity contribution < 1.29 is 0 Å². The Balaban J connectivity index is 1.92. The maximum atomic E-state index is 5.77. The van der Waals surface area contributed by atoms with Gasteiger partial charge in [0.15, 0.2) is 0 Å². The fourth-order valence-corrected chi connectivity index (χ4v) is 2.70. The van der Waals surface area contributed by atoms with Gasteiger partial charge in [0, 0.05) is 24.8 Å². The molecule has 3 rings (SSSR count). The van der Waals surface area contributed by atoms with Gasteiger partial charge < -0.3 is 10.6 Å².